The highest BCUT2D eigenvalue weighted by Gasteiger charge is 2.37. The van der Waals surface area contributed by atoms with Crippen molar-refractivity contribution in [2.45, 2.75) is 32.8 Å². The van der Waals surface area contributed by atoms with E-state index in [1.54, 1.807) is 0 Å². The van der Waals surface area contributed by atoms with Crippen molar-refractivity contribution in [3.63, 3.8) is 0 Å². The highest BCUT2D eigenvalue weighted by molar-refractivity contribution is 5.27. The molecule has 1 nitrogen and oxygen atoms in total. The Balaban J connectivity index is 2.39. The first-order chi connectivity index (χ1) is 9.54. The van der Waals surface area contributed by atoms with E-state index < -0.39 is 5.60 Å². The third-order valence-corrected chi connectivity index (χ3v) is 4.34. The predicted molar refractivity (Wildman–Crippen MR) is 84.5 cm³/mol. The van der Waals surface area contributed by atoms with Crippen LogP contribution in [0.2, 0.25) is 0 Å². The summed E-state index contributed by atoms with van der Waals surface area (Å²) in [6.07, 6.45) is 0.650. The second kappa shape index (κ2) is 6.23. The largest absolute Gasteiger partial charge is 0.385 e. The summed E-state index contributed by atoms with van der Waals surface area (Å²) in [6.45, 7) is 6.48. The van der Waals surface area contributed by atoms with Gasteiger partial charge in [-0.2, -0.15) is 0 Å². The zero-order valence-electron chi connectivity index (χ0n) is 12.6. The molecule has 0 bridgehead atoms. The number of hydrogen-bond acceptors (Lipinski definition) is 1. The lowest BCUT2D eigenvalue weighted by Crippen LogP contribution is -2.38. The van der Waals surface area contributed by atoms with Crippen LogP contribution < -0.4 is 0 Å². The average molecular weight is 268 g/mol. The quantitative estimate of drug-likeness (QED) is 0.851. The molecular weight excluding hydrogens is 244 g/mol. The van der Waals surface area contributed by atoms with Crippen LogP contribution >= 0.6 is 0 Å². The Morgan fingerprint density at radius 3 is 1.85 bits per heavy atom. The van der Waals surface area contributed by atoms with Crippen molar-refractivity contribution in [3.05, 3.63) is 71.8 Å². The van der Waals surface area contributed by atoms with Gasteiger partial charge in [-0.15, -0.1) is 0 Å². The summed E-state index contributed by atoms with van der Waals surface area (Å²) < 4.78 is 0. The Kier molecular flexibility index (Phi) is 4.61. The molecule has 2 atom stereocenters. The summed E-state index contributed by atoms with van der Waals surface area (Å²) in [5.41, 5.74) is 1.35. The molecule has 106 valence electrons. The highest BCUT2D eigenvalue weighted by Crippen LogP contribution is 2.37. The molecule has 2 aromatic carbocycles. The fraction of sp³-hybridized carbons (Fsp3) is 0.368. The smallest absolute Gasteiger partial charge is 0.0964 e. The van der Waals surface area contributed by atoms with Gasteiger partial charge in [-0.05, 0) is 23.0 Å². The molecule has 2 unspecified atom stereocenters. The molecule has 0 spiro atoms. The van der Waals surface area contributed by atoms with E-state index in [0.29, 0.717) is 12.3 Å². The number of benzene rings is 2. The Hall–Kier alpha value is -1.60. The summed E-state index contributed by atoms with van der Waals surface area (Å²) in [5, 5.41) is 11.4. The van der Waals surface area contributed by atoms with Crippen molar-refractivity contribution < 1.29 is 5.11 Å². The van der Waals surface area contributed by atoms with E-state index in [-0.39, 0.29) is 5.92 Å². The molecule has 0 aliphatic rings. The zero-order valence-corrected chi connectivity index (χ0v) is 12.6. The van der Waals surface area contributed by atoms with Crippen LogP contribution in [0.4, 0.5) is 0 Å². The van der Waals surface area contributed by atoms with Crippen molar-refractivity contribution in [1.82, 2.24) is 0 Å². The molecule has 20 heavy (non-hydrogen) atoms. The van der Waals surface area contributed by atoms with Crippen molar-refractivity contribution in [3.8, 4) is 0 Å². The lowest BCUT2D eigenvalue weighted by Gasteiger charge is -2.37. The molecule has 0 saturated carbocycles. The van der Waals surface area contributed by atoms with Crippen molar-refractivity contribution >= 4 is 0 Å². The lowest BCUT2D eigenvalue weighted by molar-refractivity contribution is -0.0349. The van der Waals surface area contributed by atoms with Crippen LogP contribution in [0.25, 0.3) is 0 Å². The van der Waals surface area contributed by atoms with Gasteiger partial charge >= 0.3 is 0 Å². The fourth-order valence-corrected chi connectivity index (χ4v) is 2.71. The number of rotatable bonds is 5. The van der Waals surface area contributed by atoms with Crippen LogP contribution in [-0.2, 0) is 12.0 Å². The van der Waals surface area contributed by atoms with Gasteiger partial charge in [0, 0.05) is 6.42 Å². The minimum absolute atomic E-state index is 0.185. The summed E-state index contributed by atoms with van der Waals surface area (Å²) >= 11 is 0. The standard InChI is InChI=1S/C19H24O/c1-15(2)16(3)19(20,18-12-8-5-9-13-18)14-17-10-6-4-7-11-17/h4-13,15-16,20H,14H2,1-3H3. The van der Waals surface area contributed by atoms with Gasteiger partial charge in [0.25, 0.3) is 0 Å². The summed E-state index contributed by atoms with van der Waals surface area (Å²) in [6, 6.07) is 20.3. The van der Waals surface area contributed by atoms with Gasteiger partial charge in [-0.3, -0.25) is 0 Å². The Bertz CT molecular complexity index is 518. The summed E-state index contributed by atoms with van der Waals surface area (Å²) in [7, 11) is 0. The summed E-state index contributed by atoms with van der Waals surface area (Å²) in [4.78, 5) is 0. The average Bonchev–Trinajstić information content (AvgIpc) is 2.48. The molecule has 0 aliphatic heterocycles. The SMILES string of the molecule is CC(C)C(C)C(O)(Cc1ccccc1)c1ccccc1. The normalized spacial score (nSPS) is 15.8. The molecule has 1 N–H and O–H groups in total. The lowest BCUT2D eigenvalue weighted by atomic mass is 9.73. The van der Waals surface area contributed by atoms with E-state index in [9.17, 15) is 5.11 Å². The fourth-order valence-electron chi connectivity index (χ4n) is 2.71. The molecule has 0 radical (unpaired) electrons. The van der Waals surface area contributed by atoms with Gasteiger partial charge in [-0.25, -0.2) is 0 Å². The molecule has 0 fully saturated rings. The molecular formula is C19H24O. The molecule has 0 heterocycles. The van der Waals surface area contributed by atoms with Crippen molar-refractivity contribution in [2.75, 3.05) is 0 Å². The van der Waals surface area contributed by atoms with Crippen molar-refractivity contribution in [2.24, 2.45) is 11.8 Å². The Labute approximate surface area is 122 Å². The van der Waals surface area contributed by atoms with Crippen LogP contribution in [0.5, 0.6) is 0 Å². The summed E-state index contributed by atoms with van der Waals surface area (Å²) in [5.74, 6) is 0.606. The van der Waals surface area contributed by atoms with Gasteiger partial charge < -0.3 is 5.11 Å². The predicted octanol–water partition coefficient (Wildman–Crippen LogP) is 4.41. The first-order valence-electron chi connectivity index (χ1n) is 7.36. The van der Waals surface area contributed by atoms with Gasteiger partial charge in [0.2, 0.25) is 0 Å². The van der Waals surface area contributed by atoms with E-state index in [4.69, 9.17) is 0 Å². The van der Waals surface area contributed by atoms with Gasteiger partial charge in [0.1, 0.15) is 0 Å². The Morgan fingerprint density at radius 1 is 0.850 bits per heavy atom. The van der Waals surface area contributed by atoms with Gasteiger partial charge in [0.05, 0.1) is 5.60 Å². The second-order valence-corrected chi connectivity index (χ2v) is 5.99. The van der Waals surface area contributed by atoms with Crippen LogP contribution in [-0.4, -0.2) is 5.11 Å². The van der Waals surface area contributed by atoms with Crippen LogP contribution in [0.3, 0.4) is 0 Å². The molecule has 2 aromatic rings. The van der Waals surface area contributed by atoms with E-state index in [1.807, 2.05) is 48.5 Å². The van der Waals surface area contributed by atoms with Crippen molar-refractivity contribution in [1.29, 1.82) is 0 Å². The van der Waals surface area contributed by atoms with Crippen LogP contribution in [0.15, 0.2) is 60.7 Å². The maximum absolute atomic E-state index is 11.4. The Morgan fingerprint density at radius 2 is 1.35 bits per heavy atom. The molecule has 0 aromatic heterocycles. The van der Waals surface area contributed by atoms with E-state index in [1.165, 1.54) is 5.56 Å². The second-order valence-electron chi connectivity index (χ2n) is 5.99. The molecule has 2 rings (SSSR count). The number of aliphatic hydroxyl groups is 1. The van der Waals surface area contributed by atoms with E-state index in [2.05, 4.69) is 32.9 Å². The van der Waals surface area contributed by atoms with E-state index >= 15 is 0 Å². The number of hydrogen-bond donors (Lipinski definition) is 1. The maximum atomic E-state index is 11.4. The zero-order chi connectivity index (χ0) is 14.6. The molecule has 0 amide bonds. The van der Waals surface area contributed by atoms with Gasteiger partial charge in [-0.1, -0.05) is 81.4 Å². The van der Waals surface area contributed by atoms with E-state index in [0.717, 1.165) is 5.56 Å². The first kappa shape index (κ1) is 14.8. The van der Waals surface area contributed by atoms with Crippen LogP contribution in [0, 0.1) is 11.8 Å². The minimum Gasteiger partial charge on any atom is -0.385 e. The third kappa shape index (κ3) is 3.10. The monoisotopic (exact) mass is 268 g/mol. The molecule has 1 heteroatoms. The first-order valence-corrected chi connectivity index (χ1v) is 7.36. The topological polar surface area (TPSA) is 20.2 Å². The highest BCUT2D eigenvalue weighted by atomic mass is 16.3. The molecule has 0 aliphatic carbocycles. The van der Waals surface area contributed by atoms with Crippen LogP contribution in [0.1, 0.15) is 31.9 Å². The molecule has 0 saturated heterocycles. The minimum atomic E-state index is -0.823. The third-order valence-electron chi connectivity index (χ3n) is 4.34. The maximum Gasteiger partial charge on any atom is 0.0964 e. The van der Waals surface area contributed by atoms with Gasteiger partial charge in [0.15, 0.2) is 0 Å².